The number of likely N-dealkylation sites (N-methyl/N-ethyl adjacent to an activating group) is 1. The number of carbonyl (C=O) groups excluding carboxylic acids is 1. The van der Waals surface area contributed by atoms with Crippen molar-refractivity contribution in [2.75, 3.05) is 66.8 Å². The average molecular weight is 625 g/mol. The molecule has 1 saturated heterocycles. The fourth-order valence-corrected chi connectivity index (χ4v) is 7.89. The molecule has 1 amide bonds. The molecule has 0 spiro atoms. The van der Waals surface area contributed by atoms with Gasteiger partial charge < -0.3 is 23.7 Å². The first-order chi connectivity index (χ1) is 21.1. The van der Waals surface area contributed by atoms with E-state index in [-0.39, 0.29) is 36.6 Å². The Balaban J connectivity index is 1.24. The number of nitrogens with zero attached hydrogens (tertiary/aromatic N) is 4. The van der Waals surface area contributed by atoms with Gasteiger partial charge in [-0.2, -0.15) is 4.31 Å². The van der Waals surface area contributed by atoms with Gasteiger partial charge in [-0.25, -0.2) is 8.42 Å². The molecule has 238 valence electrons. The molecule has 1 aromatic heterocycles. The first-order valence-corrected chi connectivity index (χ1v) is 16.6. The minimum atomic E-state index is -3.77. The van der Waals surface area contributed by atoms with Crippen LogP contribution in [0.4, 0.5) is 0 Å². The maximum absolute atomic E-state index is 13.6. The van der Waals surface area contributed by atoms with Gasteiger partial charge in [0.15, 0.2) is 0 Å². The molecule has 3 heterocycles. The van der Waals surface area contributed by atoms with Crippen LogP contribution in [0, 0.1) is 20.8 Å². The highest BCUT2D eigenvalue weighted by Gasteiger charge is 2.34. The van der Waals surface area contributed by atoms with Crippen LogP contribution in [-0.4, -0.2) is 99.8 Å². The van der Waals surface area contributed by atoms with E-state index >= 15 is 0 Å². The molecule has 1 unspecified atom stereocenters. The van der Waals surface area contributed by atoms with Gasteiger partial charge in [0, 0.05) is 57.7 Å². The van der Waals surface area contributed by atoms with Crippen LogP contribution in [-0.2, 0) is 37.4 Å². The van der Waals surface area contributed by atoms with E-state index in [1.807, 2.05) is 30.0 Å². The third kappa shape index (κ3) is 6.57. The van der Waals surface area contributed by atoms with Crippen LogP contribution >= 0.6 is 0 Å². The number of morpholine rings is 1. The lowest BCUT2D eigenvalue weighted by Crippen LogP contribution is -2.45. The molecule has 11 heteroatoms. The first kappa shape index (κ1) is 32.2. The van der Waals surface area contributed by atoms with Crippen molar-refractivity contribution < 1.29 is 27.4 Å². The predicted molar refractivity (Wildman–Crippen MR) is 168 cm³/mol. The van der Waals surface area contributed by atoms with Crippen LogP contribution in [0.5, 0.6) is 5.75 Å². The van der Waals surface area contributed by atoms with Crippen molar-refractivity contribution in [1.82, 2.24) is 18.7 Å². The normalized spacial score (nSPS) is 17.6. The second-order valence-electron chi connectivity index (χ2n) is 11.5. The number of hydrogen-bond donors (Lipinski definition) is 0. The number of ether oxygens (including phenoxy) is 3. The Kier molecular flexibility index (Phi) is 10.1. The first-order valence-electron chi connectivity index (χ1n) is 15.1. The van der Waals surface area contributed by atoms with E-state index in [0.29, 0.717) is 30.0 Å². The molecular formula is C33H44N4O6S. The Morgan fingerprint density at radius 2 is 1.73 bits per heavy atom. The fourth-order valence-electron chi connectivity index (χ4n) is 6.26. The Labute approximate surface area is 261 Å². The molecule has 10 nitrogen and oxygen atoms in total. The molecule has 2 aromatic carbocycles. The minimum Gasteiger partial charge on any atom is -0.496 e. The Bertz CT molecular complexity index is 1570. The van der Waals surface area contributed by atoms with Gasteiger partial charge in [0.2, 0.25) is 15.9 Å². The van der Waals surface area contributed by atoms with Gasteiger partial charge in [-0.3, -0.25) is 9.69 Å². The minimum absolute atomic E-state index is 0.0959. The lowest BCUT2D eigenvalue weighted by molar-refractivity contribution is -0.139. The van der Waals surface area contributed by atoms with Crippen molar-refractivity contribution >= 4 is 15.9 Å². The van der Waals surface area contributed by atoms with E-state index in [0.717, 1.165) is 49.7 Å². The lowest BCUT2D eigenvalue weighted by Gasteiger charge is -2.38. The molecule has 0 N–H and O–H groups in total. The van der Waals surface area contributed by atoms with Crippen molar-refractivity contribution in [1.29, 1.82) is 0 Å². The highest BCUT2D eigenvalue weighted by Crippen LogP contribution is 2.35. The maximum Gasteiger partial charge on any atom is 0.249 e. The highest BCUT2D eigenvalue weighted by molar-refractivity contribution is 7.89. The van der Waals surface area contributed by atoms with Crippen LogP contribution in [0.25, 0.3) is 0 Å². The van der Waals surface area contributed by atoms with Crippen molar-refractivity contribution in [2.24, 2.45) is 0 Å². The summed E-state index contributed by atoms with van der Waals surface area (Å²) in [6.45, 7) is 11.0. The number of hydrogen-bond acceptors (Lipinski definition) is 7. The standard InChI is InChI=1S/C33H44N4O6S/c1-24-21-30(41-5)25(2)26(3)33(24)44(39,40)34(4)15-18-43-23-31(38)37-14-13-36-28(22-35-16-19-42-20-17-35)11-12-29(36)32(37)27-9-7-6-8-10-27/h6-12,21,32H,13-20,22-23H2,1-5H3. The van der Waals surface area contributed by atoms with Crippen molar-refractivity contribution in [3.8, 4) is 5.75 Å². The topological polar surface area (TPSA) is 93.5 Å². The molecule has 5 rings (SSSR count). The Morgan fingerprint density at radius 1 is 1.00 bits per heavy atom. The molecule has 3 aromatic rings. The van der Waals surface area contributed by atoms with Gasteiger partial charge in [-0.1, -0.05) is 30.3 Å². The number of methoxy groups -OCH3 is 1. The number of sulfonamides is 1. The molecule has 0 bridgehead atoms. The maximum atomic E-state index is 13.6. The van der Waals surface area contributed by atoms with E-state index in [1.54, 1.807) is 27.0 Å². The summed E-state index contributed by atoms with van der Waals surface area (Å²) in [7, 11) is -0.650. The molecule has 0 aliphatic carbocycles. The number of amides is 1. The third-order valence-corrected chi connectivity index (χ3v) is 11.0. The zero-order valence-corrected chi connectivity index (χ0v) is 27.2. The van der Waals surface area contributed by atoms with Crippen LogP contribution in [0.15, 0.2) is 53.4 Å². The second-order valence-corrected chi connectivity index (χ2v) is 13.5. The van der Waals surface area contributed by atoms with E-state index in [2.05, 4.69) is 33.7 Å². The molecule has 0 radical (unpaired) electrons. The summed E-state index contributed by atoms with van der Waals surface area (Å²) in [6.07, 6.45) is 0. The summed E-state index contributed by atoms with van der Waals surface area (Å²) >= 11 is 0. The number of aryl methyl sites for hydroxylation is 1. The smallest absolute Gasteiger partial charge is 0.249 e. The zero-order chi connectivity index (χ0) is 31.4. The van der Waals surface area contributed by atoms with Gasteiger partial charge in [-0.05, 0) is 61.2 Å². The van der Waals surface area contributed by atoms with Crippen LogP contribution in [0.1, 0.15) is 39.7 Å². The fraction of sp³-hybridized carbons (Fsp3) is 0.485. The highest BCUT2D eigenvalue weighted by atomic mass is 32.2. The van der Waals surface area contributed by atoms with Gasteiger partial charge in [-0.15, -0.1) is 0 Å². The average Bonchev–Trinajstić information content (AvgIpc) is 3.43. The van der Waals surface area contributed by atoms with E-state index in [1.165, 1.54) is 17.0 Å². The Hall–Kier alpha value is -3.22. The lowest BCUT2D eigenvalue weighted by atomic mass is 10.00. The number of fused-ring (bicyclic) bond motifs is 1. The molecule has 1 fully saturated rings. The summed E-state index contributed by atoms with van der Waals surface area (Å²) < 4.78 is 47.3. The molecule has 44 heavy (non-hydrogen) atoms. The molecule has 0 saturated carbocycles. The summed E-state index contributed by atoms with van der Waals surface area (Å²) in [6, 6.07) is 15.9. The summed E-state index contributed by atoms with van der Waals surface area (Å²) in [5, 5.41) is 0. The van der Waals surface area contributed by atoms with Crippen molar-refractivity contribution in [2.45, 2.75) is 44.8 Å². The SMILES string of the molecule is COc1cc(C)c(S(=O)(=O)N(C)CCOCC(=O)N2CCn3c(CN4CCOCC4)ccc3C2c2ccccc2)c(C)c1C. The summed E-state index contributed by atoms with van der Waals surface area (Å²) in [5.41, 5.74) is 5.46. The monoisotopic (exact) mass is 624 g/mol. The van der Waals surface area contributed by atoms with Crippen molar-refractivity contribution in [3.05, 3.63) is 82.2 Å². The number of rotatable bonds is 11. The van der Waals surface area contributed by atoms with E-state index in [4.69, 9.17) is 14.2 Å². The third-order valence-electron chi connectivity index (χ3n) is 8.83. The number of benzene rings is 2. The van der Waals surface area contributed by atoms with E-state index in [9.17, 15) is 13.2 Å². The van der Waals surface area contributed by atoms with Crippen LogP contribution in [0.3, 0.4) is 0 Å². The van der Waals surface area contributed by atoms with Crippen LogP contribution in [0.2, 0.25) is 0 Å². The number of carbonyl (C=O) groups is 1. The molecule has 2 aliphatic rings. The predicted octanol–water partition coefficient (Wildman–Crippen LogP) is 3.52. The van der Waals surface area contributed by atoms with Gasteiger partial charge >= 0.3 is 0 Å². The quantitative estimate of drug-likeness (QED) is 0.302. The van der Waals surface area contributed by atoms with Gasteiger partial charge in [0.05, 0.1) is 37.9 Å². The van der Waals surface area contributed by atoms with Gasteiger partial charge in [0.25, 0.3) is 0 Å². The molecule has 1 atom stereocenters. The second kappa shape index (κ2) is 13.8. The van der Waals surface area contributed by atoms with E-state index < -0.39 is 10.0 Å². The largest absolute Gasteiger partial charge is 0.496 e. The van der Waals surface area contributed by atoms with Crippen LogP contribution < -0.4 is 4.74 Å². The zero-order valence-electron chi connectivity index (χ0n) is 26.4. The molecule has 2 aliphatic heterocycles. The van der Waals surface area contributed by atoms with Crippen molar-refractivity contribution in [3.63, 3.8) is 0 Å². The van der Waals surface area contributed by atoms with Gasteiger partial charge in [0.1, 0.15) is 12.4 Å². The number of aromatic nitrogens is 1. The Morgan fingerprint density at radius 3 is 2.43 bits per heavy atom. The summed E-state index contributed by atoms with van der Waals surface area (Å²) in [5.74, 6) is 0.541. The summed E-state index contributed by atoms with van der Waals surface area (Å²) in [4.78, 5) is 18.2. The molecular weight excluding hydrogens is 580 g/mol.